The topological polar surface area (TPSA) is 81.8 Å². The second-order valence-electron chi connectivity index (χ2n) is 4.81. The normalized spacial score (nSPS) is 10.7. The Morgan fingerprint density at radius 1 is 1.35 bits per heavy atom. The number of hydrogen-bond acceptors (Lipinski definition) is 5. The van der Waals surface area contributed by atoms with Gasteiger partial charge in [0.15, 0.2) is 0 Å². The van der Waals surface area contributed by atoms with E-state index in [-0.39, 0.29) is 12.2 Å². The van der Waals surface area contributed by atoms with Crippen LogP contribution in [0.1, 0.15) is 5.56 Å². The van der Waals surface area contributed by atoms with Crippen LogP contribution in [0.3, 0.4) is 0 Å². The van der Waals surface area contributed by atoms with Crippen molar-refractivity contribution < 1.29 is 9.18 Å². The van der Waals surface area contributed by atoms with E-state index in [1.54, 1.807) is 30.5 Å². The van der Waals surface area contributed by atoms with Gasteiger partial charge in [-0.2, -0.15) is 9.36 Å². The summed E-state index contributed by atoms with van der Waals surface area (Å²) < 4.78 is 15.7. The highest BCUT2D eigenvalue weighted by molar-refractivity contribution is 7.12. The van der Waals surface area contributed by atoms with Crippen LogP contribution in [0.15, 0.2) is 40.5 Å². The van der Waals surface area contributed by atoms with Crippen molar-refractivity contribution in [2.75, 3.05) is 5.32 Å². The van der Waals surface area contributed by atoms with Crippen LogP contribution in [0.4, 0.5) is 10.1 Å². The Morgan fingerprint density at radius 3 is 2.87 bits per heavy atom. The molecular weight excluding hydrogens is 321 g/mol. The van der Waals surface area contributed by atoms with Gasteiger partial charge in [-0.15, -0.1) is 11.3 Å². The number of carbonyl (C=O) groups is 1. The SMILES string of the molecule is Cc1ccc(NC(=O)Cn2nnn(-c3cccs3)c2=O)c(F)c1. The number of anilines is 1. The van der Waals surface area contributed by atoms with Crippen molar-refractivity contribution in [2.24, 2.45) is 0 Å². The minimum atomic E-state index is -0.562. The zero-order valence-corrected chi connectivity index (χ0v) is 12.9. The number of thiophene rings is 1. The van der Waals surface area contributed by atoms with Gasteiger partial charge in [0.05, 0.1) is 5.69 Å². The number of hydrogen-bond donors (Lipinski definition) is 1. The summed E-state index contributed by atoms with van der Waals surface area (Å²) in [6, 6.07) is 7.95. The molecule has 118 valence electrons. The molecule has 2 aromatic heterocycles. The molecule has 9 heteroatoms. The number of tetrazole rings is 1. The van der Waals surface area contributed by atoms with Gasteiger partial charge in [0.1, 0.15) is 17.4 Å². The van der Waals surface area contributed by atoms with Crippen molar-refractivity contribution in [3.05, 3.63) is 57.6 Å². The summed E-state index contributed by atoms with van der Waals surface area (Å²) in [5.41, 5.74) is 0.266. The molecule has 23 heavy (non-hydrogen) atoms. The molecule has 0 saturated carbocycles. The quantitative estimate of drug-likeness (QED) is 0.786. The van der Waals surface area contributed by atoms with Crippen LogP contribution < -0.4 is 11.0 Å². The third-order valence-corrected chi connectivity index (χ3v) is 3.89. The molecule has 0 aliphatic rings. The number of benzene rings is 1. The van der Waals surface area contributed by atoms with Crippen LogP contribution in [0.5, 0.6) is 0 Å². The summed E-state index contributed by atoms with van der Waals surface area (Å²) in [5, 5.41) is 12.2. The third kappa shape index (κ3) is 3.19. The fraction of sp³-hybridized carbons (Fsp3) is 0.143. The predicted octanol–water partition coefficient (Wildman–Crippen LogP) is 1.58. The van der Waals surface area contributed by atoms with Crippen molar-refractivity contribution in [1.82, 2.24) is 19.8 Å². The Hall–Kier alpha value is -2.81. The van der Waals surface area contributed by atoms with Gasteiger partial charge >= 0.3 is 5.69 Å². The van der Waals surface area contributed by atoms with Crippen LogP contribution in [-0.2, 0) is 11.3 Å². The summed E-state index contributed by atoms with van der Waals surface area (Å²) in [4.78, 5) is 24.1. The predicted molar refractivity (Wildman–Crippen MR) is 83.3 cm³/mol. The zero-order chi connectivity index (χ0) is 16.4. The zero-order valence-electron chi connectivity index (χ0n) is 12.1. The molecule has 0 bridgehead atoms. The van der Waals surface area contributed by atoms with Crippen LogP contribution in [0.2, 0.25) is 0 Å². The molecule has 1 amide bonds. The second kappa shape index (κ2) is 6.13. The van der Waals surface area contributed by atoms with E-state index in [1.165, 1.54) is 23.5 Å². The van der Waals surface area contributed by atoms with Gasteiger partial charge in [-0.1, -0.05) is 6.07 Å². The summed E-state index contributed by atoms with van der Waals surface area (Å²) in [7, 11) is 0. The fourth-order valence-corrected chi connectivity index (χ4v) is 2.62. The second-order valence-corrected chi connectivity index (χ2v) is 5.74. The number of nitrogens with zero attached hydrogens (tertiary/aromatic N) is 4. The van der Waals surface area contributed by atoms with Crippen molar-refractivity contribution in [3.63, 3.8) is 0 Å². The average molecular weight is 333 g/mol. The Morgan fingerprint density at radius 2 is 2.17 bits per heavy atom. The van der Waals surface area contributed by atoms with E-state index in [2.05, 4.69) is 15.7 Å². The first kappa shape index (κ1) is 15.1. The highest BCUT2D eigenvalue weighted by Gasteiger charge is 2.14. The smallest absolute Gasteiger partial charge is 0.322 e. The van der Waals surface area contributed by atoms with Gasteiger partial charge in [-0.3, -0.25) is 4.79 Å². The molecule has 0 radical (unpaired) electrons. The number of carbonyl (C=O) groups excluding carboxylic acids is 1. The Labute approximate surface area is 134 Å². The van der Waals surface area contributed by atoms with E-state index >= 15 is 0 Å². The maximum atomic E-state index is 13.7. The van der Waals surface area contributed by atoms with Crippen LogP contribution in [0.25, 0.3) is 5.00 Å². The maximum absolute atomic E-state index is 13.7. The fourth-order valence-electron chi connectivity index (χ4n) is 1.95. The highest BCUT2D eigenvalue weighted by Crippen LogP contribution is 2.15. The van der Waals surface area contributed by atoms with Crippen molar-refractivity contribution >= 4 is 22.9 Å². The lowest BCUT2D eigenvalue weighted by Gasteiger charge is -2.06. The molecule has 3 rings (SSSR count). The van der Waals surface area contributed by atoms with Gasteiger partial charge < -0.3 is 5.32 Å². The van der Waals surface area contributed by atoms with Crippen LogP contribution in [-0.4, -0.2) is 25.7 Å². The minimum Gasteiger partial charge on any atom is -0.322 e. The van der Waals surface area contributed by atoms with E-state index in [4.69, 9.17) is 0 Å². The molecule has 0 fully saturated rings. The van der Waals surface area contributed by atoms with Gasteiger partial charge in [0, 0.05) is 0 Å². The molecular formula is C14H12FN5O2S. The number of nitrogens with one attached hydrogen (secondary N) is 1. The summed E-state index contributed by atoms with van der Waals surface area (Å²) >= 11 is 1.33. The number of halogens is 1. The van der Waals surface area contributed by atoms with E-state index in [0.717, 1.165) is 14.9 Å². The number of aromatic nitrogens is 4. The van der Waals surface area contributed by atoms with E-state index in [1.807, 2.05) is 0 Å². The Balaban J connectivity index is 1.75. The molecule has 1 aromatic carbocycles. The summed E-state index contributed by atoms with van der Waals surface area (Å²) in [6.07, 6.45) is 0. The lowest BCUT2D eigenvalue weighted by molar-refractivity contribution is -0.117. The first-order valence-electron chi connectivity index (χ1n) is 6.67. The molecule has 0 spiro atoms. The third-order valence-electron chi connectivity index (χ3n) is 3.05. The average Bonchev–Trinajstić information content (AvgIpc) is 3.13. The molecule has 7 nitrogen and oxygen atoms in total. The number of rotatable bonds is 4. The Bertz CT molecular complexity index is 900. The molecule has 1 N–H and O–H groups in total. The van der Waals surface area contributed by atoms with E-state index in [0.29, 0.717) is 5.00 Å². The monoisotopic (exact) mass is 333 g/mol. The van der Waals surface area contributed by atoms with E-state index in [9.17, 15) is 14.0 Å². The number of amides is 1. The van der Waals surface area contributed by atoms with Crippen LogP contribution in [0, 0.1) is 12.7 Å². The lowest BCUT2D eigenvalue weighted by atomic mass is 10.2. The largest absolute Gasteiger partial charge is 0.369 e. The first-order chi connectivity index (χ1) is 11.0. The molecule has 0 aliphatic carbocycles. The van der Waals surface area contributed by atoms with Crippen molar-refractivity contribution in [3.8, 4) is 5.00 Å². The summed E-state index contributed by atoms with van der Waals surface area (Å²) in [5.74, 6) is -1.10. The van der Waals surface area contributed by atoms with Gasteiger partial charge in [-0.05, 0) is 52.6 Å². The van der Waals surface area contributed by atoms with E-state index < -0.39 is 17.4 Å². The first-order valence-corrected chi connectivity index (χ1v) is 7.55. The van der Waals surface area contributed by atoms with Gasteiger partial charge in [0.25, 0.3) is 0 Å². The lowest BCUT2D eigenvalue weighted by Crippen LogP contribution is -2.29. The molecule has 0 saturated heterocycles. The van der Waals surface area contributed by atoms with Crippen molar-refractivity contribution in [2.45, 2.75) is 13.5 Å². The standard InChI is InChI=1S/C14H12FN5O2S/c1-9-4-5-11(10(15)7-9)16-12(21)8-19-14(22)20(18-17-19)13-3-2-6-23-13/h2-7H,8H2,1H3,(H,16,21). The minimum absolute atomic E-state index is 0.0549. The molecule has 2 heterocycles. The molecule has 0 aliphatic heterocycles. The van der Waals surface area contributed by atoms with Gasteiger partial charge in [-0.25, -0.2) is 9.18 Å². The van der Waals surface area contributed by atoms with Gasteiger partial charge in [0.2, 0.25) is 5.91 Å². The number of aryl methyl sites for hydroxylation is 1. The Kier molecular flexibility index (Phi) is 4.02. The highest BCUT2D eigenvalue weighted by atomic mass is 32.1. The van der Waals surface area contributed by atoms with Crippen molar-refractivity contribution in [1.29, 1.82) is 0 Å². The maximum Gasteiger partial charge on any atom is 0.369 e. The van der Waals surface area contributed by atoms with Crippen LogP contribution >= 0.6 is 11.3 Å². The summed E-state index contributed by atoms with van der Waals surface area (Å²) in [6.45, 7) is 1.40. The molecule has 3 aromatic rings. The molecule has 0 unspecified atom stereocenters. The molecule has 0 atom stereocenters.